The van der Waals surface area contributed by atoms with Crippen molar-refractivity contribution in [3.8, 4) is 6.07 Å². The predicted molar refractivity (Wildman–Crippen MR) is 96.3 cm³/mol. The third kappa shape index (κ3) is 3.79. The minimum absolute atomic E-state index is 0.0854. The third-order valence-electron chi connectivity index (χ3n) is 4.05. The second kappa shape index (κ2) is 7.04. The van der Waals surface area contributed by atoms with Crippen LogP contribution in [0.15, 0.2) is 22.7 Å². The van der Waals surface area contributed by atoms with E-state index in [1.54, 1.807) is 32.9 Å². The first-order valence-corrected chi connectivity index (χ1v) is 8.70. The molecule has 1 aromatic carbocycles. The van der Waals surface area contributed by atoms with Crippen LogP contribution in [-0.2, 0) is 19.7 Å². The molecule has 0 spiro atoms. The molecule has 2 rings (SSSR count). The molecule has 25 heavy (non-hydrogen) atoms. The minimum atomic E-state index is -1.07. The summed E-state index contributed by atoms with van der Waals surface area (Å²) in [6.45, 7) is 5.44. The van der Waals surface area contributed by atoms with Crippen LogP contribution in [0.2, 0.25) is 0 Å². The molecule has 1 aromatic rings. The van der Waals surface area contributed by atoms with E-state index in [1.807, 2.05) is 6.07 Å². The van der Waals surface area contributed by atoms with E-state index in [2.05, 4.69) is 22.0 Å². The molecule has 0 radical (unpaired) electrons. The molecular formula is C18H21BrN2O4. The van der Waals surface area contributed by atoms with Crippen molar-refractivity contribution in [2.24, 2.45) is 0 Å². The van der Waals surface area contributed by atoms with E-state index in [4.69, 9.17) is 14.7 Å². The topological polar surface area (TPSA) is 79.6 Å². The fourth-order valence-corrected chi connectivity index (χ4v) is 3.36. The number of nitrogens with zero attached hydrogens (tertiary/aromatic N) is 2. The Bertz CT molecular complexity index is 736. The number of nitriles is 1. The van der Waals surface area contributed by atoms with Crippen LogP contribution in [0.4, 0.5) is 10.5 Å². The van der Waals surface area contributed by atoms with Crippen molar-refractivity contribution >= 4 is 33.7 Å². The molecule has 1 amide bonds. The first-order chi connectivity index (χ1) is 11.6. The second-order valence-electron chi connectivity index (χ2n) is 6.96. The van der Waals surface area contributed by atoms with Crippen molar-refractivity contribution in [3.63, 3.8) is 0 Å². The van der Waals surface area contributed by atoms with E-state index in [1.165, 1.54) is 12.0 Å². The lowest BCUT2D eigenvalue weighted by Crippen LogP contribution is -2.44. The van der Waals surface area contributed by atoms with E-state index < -0.39 is 23.1 Å². The number of amides is 1. The van der Waals surface area contributed by atoms with Crippen LogP contribution in [0.25, 0.3) is 0 Å². The zero-order valence-electron chi connectivity index (χ0n) is 14.8. The molecule has 0 aliphatic carbocycles. The number of carbonyl (C=O) groups excluding carboxylic acids is 2. The van der Waals surface area contributed by atoms with Gasteiger partial charge in [0.1, 0.15) is 11.0 Å². The third-order valence-corrected chi connectivity index (χ3v) is 4.54. The van der Waals surface area contributed by atoms with Gasteiger partial charge in [0.25, 0.3) is 0 Å². The number of hydrogen-bond donors (Lipinski definition) is 0. The molecule has 0 N–H and O–H groups in total. The summed E-state index contributed by atoms with van der Waals surface area (Å²) in [7, 11) is 1.31. The Kier molecular flexibility index (Phi) is 5.43. The van der Waals surface area contributed by atoms with Gasteiger partial charge < -0.3 is 9.47 Å². The number of hydrogen-bond acceptors (Lipinski definition) is 5. The lowest BCUT2D eigenvalue weighted by Gasteiger charge is -2.28. The molecule has 0 aromatic heterocycles. The van der Waals surface area contributed by atoms with E-state index in [-0.39, 0.29) is 19.4 Å². The Labute approximate surface area is 155 Å². The summed E-state index contributed by atoms with van der Waals surface area (Å²) >= 11 is 3.40. The van der Waals surface area contributed by atoms with Gasteiger partial charge >= 0.3 is 12.1 Å². The summed E-state index contributed by atoms with van der Waals surface area (Å²) in [5.41, 5.74) is -0.472. The average Bonchev–Trinajstić information content (AvgIpc) is 2.85. The molecule has 0 saturated heterocycles. The normalized spacial score (nSPS) is 19.1. The van der Waals surface area contributed by atoms with Crippen molar-refractivity contribution < 1.29 is 19.1 Å². The maximum absolute atomic E-state index is 12.7. The average molecular weight is 409 g/mol. The summed E-state index contributed by atoms with van der Waals surface area (Å²) in [6, 6.07) is 7.44. The number of benzene rings is 1. The number of anilines is 1. The maximum atomic E-state index is 12.7. The minimum Gasteiger partial charge on any atom is -0.468 e. The Morgan fingerprint density at radius 3 is 2.64 bits per heavy atom. The SMILES string of the molecule is COC(=O)C1(CCC#N)CN(C(=O)OC(C)(C)C)c2cc(Br)ccc21. The molecule has 0 fully saturated rings. The molecule has 7 heteroatoms. The smallest absolute Gasteiger partial charge is 0.414 e. The number of rotatable bonds is 3. The zero-order valence-corrected chi connectivity index (χ0v) is 16.3. The van der Waals surface area contributed by atoms with Crippen molar-refractivity contribution in [3.05, 3.63) is 28.2 Å². The van der Waals surface area contributed by atoms with Crippen molar-refractivity contribution in [2.75, 3.05) is 18.6 Å². The molecule has 1 atom stereocenters. The number of carbonyl (C=O) groups is 2. The highest BCUT2D eigenvalue weighted by Crippen LogP contribution is 2.46. The highest BCUT2D eigenvalue weighted by atomic mass is 79.9. The molecule has 0 bridgehead atoms. The Balaban J connectivity index is 2.54. The maximum Gasteiger partial charge on any atom is 0.414 e. The van der Waals surface area contributed by atoms with Gasteiger partial charge in [-0.1, -0.05) is 22.0 Å². The molecule has 1 heterocycles. The summed E-state index contributed by atoms with van der Waals surface area (Å²) in [5, 5.41) is 9.00. The first-order valence-electron chi connectivity index (χ1n) is 7.90. The van der Waals surface area contributed by atoms with Gasteiger partial charge in [0, 0.05) is 17.4 Å². The Hall–Kier alpha value is -2.07. The van der Waals surface area contributed by atoms with Crippen LogP contribution in [0.1, 0.15) is 39.2 Å². The molecule has 6 nitrogen and oxygen atoms in total. The molecular weight excluding hydrogens is 388 g/mol. The van der Waals surface area contributed by atoms with Gasteiger partial charge in [-0.3, -0.25) is 9.69 Å². The first kappa shape index (κ1) is 19.3. The number of esters is 1. The van der Waals surface area contributed by atoms with Crippen LogP contribution in [-0.4, -0.2) is 31.3 Å². The molecule has 134 valence electrons. The molecule has 1 unspecified atom stereocenters. The Morgan fingerprint density at radius 1 is 1.40 bits per heavy atom. The summed E-state index contributed by atoms with van der Waals surface area (Å²) < 4.78 is 11.3. The van der Waals surface area contributed by atoms with Crippen LogP contribution < -0.4 is 4.90 Å². The van der Waals surface area contributed by atoms with Crippen LogP contribution in [0, 0.1) is 11.3 Å². The van der Waals surface area contributed by atoms with Crippen molar-refractivity contribution in [1.82, 2.24) is 0 Å². The number of ether oxygens (including phenoxy) is 2. The van der Waals surface area contributed by atoms with Crippen molar-refractivity contribution in [2.45, 2.75) is 44.6 Å². The lowest BCUT2D eigenvalue weighted by atomic mass is 9.78. The lowest BCUT2D eigenvalue weighted by molar-refractivity contribution is -0.147. The number of methoxy groups -OCH3 is 1. The van der Waals surface area contributed by atoms with Gasteiger partial charge in [-0.15, -0.1) is 0 Å². The molecule has 1 aliphatic rings. The van der Waals surface area contributed by atoms with Crippen LogP contribution >= 0.6 is 15.9 Å². The number of halogens is 1. The van der Waals surface area contributed by atoms with Gasteiger partial charge in [-0.2, -0.15) is 5.26 Å². The summed E-state index contributed by atoms with van der Waals surface area (Å²) in [6.07, 6.45) is -0.0915. The van der Waals surface area contributed by atoms with E-state index in [9.17, 15) is 9.59 Å². The van der Waals surface area contributed by atoms with Gasteiger partial charge in [0.15, 0.2) is 0 Å². The van der Waals surface area contributed by atoms with Gasteiger partial charge in [-0.05, 0) is 44.9 Å². The fraction of sp³-hybridized carbons (Fsp3) is 0.500. The quantitative estimate of drug-likeness (QED) is 0.707. The van der Waals surface area contributed by atoms with Gasteiger partial charge in [0.05, 0.1) is 18.9 Å². The van der Waals surface area contributed by atoms with Gasteiger partial charge in [-0.25, -0.2) is 4.79 Å². The summed E-state index contributed by atoms with van der Waals surface area (Å²) in [5.74, 6) is -0.461. The summed E-state index contributed by atoms with van der Waals surface area (Å²) in [4.78, 5) is 26.7. The monoisotopic (exact) mass is 408 g/mol. The van der Waals surface area contributed by atoms with E-state index in [0.29, 0.717) is 11.3 Å². The highest BCUT2D eigenvalue weighted by Gasteiger charge is 2.51. The van der Waals surface area contributed by atoms with E-state index in [0.717, 1.165) is 4.47 Å². The molecule has 0 saturated carbocycles. The van der Waals surface area contributed by atoms with Crippen LogP contribution in [0.5, 0.6) is 0 Å². The zero-order chi connectivity index (χ0) is 18.8. The fourth-order valence-electron chi connectivity index (χ4n) is 3.01. The van der Waals surface area contributed by atoms with Crippen LogP contribution in [0.3, 0.4) is 0 Å². The Morgan fingerprint density at radius 2 is 2.08 bits per heavy atom. The van der Waals surface area contributed by atoms with E-state index >= 15 is 0 Å². The molecule has 1 aliphatic heterocycles. The standard InChI is InChI=1S/C18H21BrN2O4/c1-17(2,3)25-16(23)21-11-18(8-5-9-20,15(22)24-4)13-7-6-12(19)10-14(13)21/h6-7,10H,5,8,11H2,1-4H3. The van der Waals surface area contributed by atoms with Crippen molar-refractivity contribution in [1.29, 1.82) is 5.26 Å². The predicted octanol–water partition coefficient (Wildman–Crippen LogP) is 3.92. The largest absolute Gasteiger partial charge is 0.468 e. The number of fused-ring (bicyclic) bond motifs is 1. The second-order valence-corrected chi connectivity index (χ2v) is 7.88. The van der Waals surface area contributed by atoms with Gasteiger partial charge in [0.2, 0.25) is 0 Å². The highest BCUT2D eigenvalue weighted by molar-refractivity contribution is 9.10.